The molecule has 0 heterocycles. The van der Waals surface area contributed by atoms with E-state index in [1.807, 2.05) is 6.92 Å². The van der Waals surface area contributed by atoms with Crippen molar-refractivity contribution in [2.75, 3.05) is 6.54 Å². The summed E-state index contributed by atoms with van der Waals surface area (Å²) >= 11 is 0. The maximum atomic E-state index is 12.1. The van der Waals surface area contributed by atoms with Crippen molar-refractivity contribution in [1.82, 2.24) is 0 Å². The Morgan fingerprint density at radius 3 is 2.29 bits per heavy atom. The molecule has 0 radical (unpaired) electrons. The Morgan fingerprint density at radius 2 is 1.82 bits per heavy atom. The number of nitrogens with two attached hydrogens (primary N) is 1. The third kappa shape index (κ3) is 4.52. The maximum Gasteiger partial charge on any atom is 0.573 e. The van der Waals surface area contributed by atoms with Gasteiger partial charge in [0.25, 0.3) is 0 Å². The zero-order chi connectivity index (χ0) is 12.9. The van der Waals surface area contributed by atoms with E-state index >= 15 is 0 Å². The molecular weight excluding hydrogens is 235 g/mol. The van der Waals surface area contributed by atoms with Crippen LogP contribution in [0.3, 0.4) is 0 Å². The molecule has 0 aliphatic heterocycles. The van der Waals surface area contributed by atoms with Gasteiger partial charge in [-0.15, -0.1) is 13.2 Å². The Kier molecular flexibility index (Phi) is 4.62. The number of hydrogen-bond acceptors (Lipinski definition) is 3. The zero-order valence-corrected chi connectivity index (χ0v) is 9.33. The van der Waals surface area contributed by atoms with Crippen molar-refractivity contribution in [2.24, 2.45) is 5.73 Å². The summed E-state index contributed by atoms with van der Waals surface area (Å²) in [5.74, 6) is -0.311. The smallest absolute Gasteiger partial charge is 0.485 e. The van der Waals surface area contributed by atoms with Gasteiger partial charge < -0.3 is 15.2 Å². The van der Waals surface area contributed by atoms with Gasteiger partial charge >= 0.3 is 6.36 Å². The van der Waals surface area contributed by atoms with Crippen LogP contribution in [0, 0.1) is 0 Å². The van der Waals surface area contributed by atoms with Crippen molar-refractivity contribution in [3.8, 4) is 11.5 Å². The van der Waals surface area contributed by atoms with Crippen LogP contribution < -0.4 is 15.2 Å². The van der Waals surface area contributed by atoms with E-state index in [-0.39, 0.29) is 24.1 Å². The number of alkyl halides is 3. The molecule has 0 aliphatic carbocycles. The number of ether oxygens (including phenoxy) is 2. The molecule has 1 aromatic rings. The topological polar surface area (TPSA) is 44.5 Å². The Morgan fingerprint density at radius 1 is 1.24 bits per heavy atom. The second-order valence-electron chi connectivity index (χ2n) is 3.38. The van der Waals surface area contributed by atoms with E-state index in [9.17, 15) is 13.2 Å². The average molecular weight is 249 g/mol. The van der Waals surface area contributed by atoms with Crippen LogP contribution in [0.4, 0.5) is 13.2 Å². The Balaban J connectivity index is 2.84. The number of rotatable bonds is 5. The Hall–Kier alpha value is -1.43. The molecule has 1 rings (SSSR count). The van der Waals surface area contributed by atoms with Gasteiger partial charge in [0, 0.05) is 6.54 Å². The SMILES string of the molecule is CCC(CN)Oc1ccccc1OC(F)(F)F. The minimum Gasteiger partial charge on any atom is -0.485 e. The molecule has 0 spiro atoms. The maximum absolute atomic E-state index is 12.1. The van der Waals surface area contributed by atoms with Crippen LogP contribution in [0.15, 0.2) is 24.3 Å². The van der Waals surface area contributed by atoms with Crippen molar-refractivity contribution < 1.29 is 22.6 Å². The van der Waals surface area contributed by atoms with Crippen molar-refractivity contribution in [1.29, 1.82) is 0 Å². The van der Waals surface area contributed by atoms with Crippen LogP contribution >= 0.6 is 0 Å². The molecule has 96 valence electrons. The lowest BCUT2D eigenvalue weighted by molar-refractivity contribution is -0.275. The number of para-hydroxylation sites is 2. The van der Waals surface area contributed by atoms with Gasteiger partial charge in [0.2, 0.25) is 0 Å². The predicted octanol–water partition coefficient (Wildman–Crippen LogP) is 2.70. The number of benzene rings is 1. The monoisotopic (exact) mass is 249 g/mol. The van der Waals surface area contributed by atoms with E-state index < -0.39 is 6.36 Å². The molecule has 3 nitrogen and oxygen atoms in total. The summed E-state index contributed by atoms with van der Waals surface area (Å²) in [6.07, 6.45) is -4.45. The summed E-state index contributed by atoms with van der Waals surface area (Å²) < 4.78 is 45.6. The fourth-order valence-electron chi connectivity index (χ4n) is 1.23. The Bertz CT molecular complexity index is 351. The van der Waals surface area contributed by atoms with E-state index in [0.29, 0.717) is 6.42 Å². The first kappa shape index (κ1) is 13.6. The van der Waals surface area contributed by atoms with Gasteiger partial charge in [-0.3, -0.25) is 0 Å². The van der Waals surface area contributed by atoms with Crippen LogP contribution in [-0.2, 0) is 0 Å². The normalized spacial score (nSPS) is 13.2. The predicted molar refractivity (Wildman–Crippen MR) is 56.9 cm³/mol. The standard InChI is InChI=1S/C11H14F3NO2/c1-2-8(7-15)16-9-5-3-4-6-10(9)17-11(12,13)14/h3-6,8H,2,7,15H2,1H3. The van der Waals surface area contributed by atoms with Crippen molar-refractivity contribution in [3.05, 3.63) is 24.3 Å². The second-order valence-corrected chi connectivity index (χ2v) is 3.38. The fraction of sp³-hybridized carbons (Fsp3) is 0.455. The van der Waals surface area contributed by atoms with Gasteiger partial charge in [-0.05, 0) is 18.6 Å². The number of hydrogen-bond donors (Lipinski definition) is 1. The fourth-order valence-corrected chi connectivity index (χ4v) is 1.23. The van der Waals surface area contributed by atoms with Crippen LogP contribution in [-0.4, -0.2) is 19.0 Å². The van der Waals surface area contributed by atoms with Gasteiger partial charge in [0.15, 0.2) is 11.5 Å². The molecule has 17 heavy (non-hydrogen) atoms. The van der Waals surface area contributed by atoms with Crippen molar-refractivity contribution >= 4 is 0 Å². The van der Waals surface area contributed by atoms with Crippen LogP contribution in [0.1, 0.15) is 13.3 Å². The molecule has 6 heteroatoms. The molecule has 0 amide bonds. The first-order valence-corrected chi connectivity index (χ1v) is 5.17. The minimum absolute atomic E-state index is 0.0436. The highest BCUT2D eigenvalue weighted by Crippen LogP contribution is 2.32. The molecule has 0 saturated heterocycles. The van der Waals surface area contributed by atoms with E-state index in [4.69, 9.17) is 10.5 Å². The number of halogens is 3. The summed E-state index contributed by atoms with van der Waals surface area (Å²) in [6, 6.07) is 5.63. The van der Waals surface area contributed by atoms with E-state index in [0.717, 1.165) is 0 Å². The highest BCUT2D eigenvalue weighted by Gasteiger charge is 2.32. The summed E-state index contributed by atoms with van der Waals surface area (Å²) in [7, 11) is 0. The van der Waals surface area contributed by atoms with E-state index in [1.54, 1.807) is 6.07 Å². The molecule has 2 N–H and O–H groups in total. The third-order valence-electron chi connectivity index (χ3n) is 2.09. The van der Waals surface area contributed by atoms with Gasteiger partial charge in [-0.2, -0.15) is 0 Å². The van der Waals surface area contributed by atoms with Gasteiger partial charge in [-0.1, -0.05) is 19.1 Å². The molecule has 1 aromatic carbocycles. The van der Waals surface area contributed by atoms with Crippen LogP contribution in [0.5, 0.6) is 11.5 Å². The lowest BCUT2D eigenvalue weighted by Gasteiger charge is -2.18. The van der Waals surface area contributed by atoms with E-state index in [1.165, 1.54) is 18.2 Å². The van der Waals surface area contributed by atoms with Gasteiger partial charge in [0.1, 0.15) is 6.10 Å². The molecule has 1 atom stereocenters. The minimum atomic E-state index is -4.73. The summed E-state index contributed by atoms with van der Waals surface area (Å²) in [5.41, 5.74) is 5.42. The van der Waals surface area contributed by atoms with Gasteiger partial charge in [-0.25, -0.2) is 0 Å². The third-order valence-corrected chi connectivity index (χ3v) is 2.09. The lowest BCUT2D eigenvalue weighted by Crippen LogP contribution is -2.26. The first-order valence-electron chi connectivity index (χ1n) is 5.17. The highest BCUT2D eigenvalue weighted by atomic mass is 19.4. The first-order chi connectivity index (χ1) is 7.96. The summed E-state index contributed by atoms with van der Waals surface area (Å²) in [6.45, 7) is 2.07. The highest BCUT2D eigenvalue weighted by molar-refractivity contribution is 5.39. The lowest BCUT2D eigenvalue weighted by atomic mass is 10.2. The van der Waals surface area contributed by atoms with E-state index in [2.05, 4.69) is 4.74 Å². The molecule has 0 aliphatic rings. The van der Waals surface area contributed by atoms with Crippen LogP contribution in [0.25, 0.3) is 0 Å². The quantitative estimate of drug-likeness (QED) is 0.872. The molecule has 1 unspecified atom stereocenters. The molecular formula is C11H14F3NO2. The van der Waals surface area contributed by atoms with Crippen molar-refractivity contribution in [2.45, 2.75) is 25.8 Å². The summed E-state index contributed by atoms with van der Waals surface area (Å²) in [5, 5.41) is 0. The zero-order valence-electron chi connectivity index (χ0n) is 9.33. The summed E-state index contributed by atoms with van der Waals surface area (Å²) in [4.78, 5) is 0. The largest absolute Gasteiger partial charge is 0.573 e. The molecule has 0 saturated carbocycles. The molecule has 0 bridgehead atoms. The second kappa shape index (κ2) is 5.77. The molecule has 0 aromatic heterocycles. The Labute approximate surface area is 97.3 Å². The average Bonchev–Trinajstić information content (AvgIpc) is 2.26. The van der Waals surface area contributed by atoms with Gasteiger partial charge in [0.05, 0.1) is 0 Å². The van der Waals surface area contributed by atoms with Crippen LogP contribution in [0.2, 0.25) is 0 Å². The molecule has 0 fully saturated rings. The van der Waals surface area contributed by atoms with Crippen molar-refractivity contribution in [3.63, 3.8) is 0 Å².